The van der Waals surface area contributed by atoms with E-state index >= 15 is 0 Å². The number of aliphatic imine (C=N–C) groups is 2. The fraction of sp³-hybridized carbons (Fsp3) is 0.364. The van der Waals surface area contributed by atoms with Crippen LogP contribution in [0.15, 0.2) is 52.1 Å². The second kappa shape index (κ2) is 12.9. The van der Waals surface area contributed by atoms with Gasteiger partial charge in [0.05, 0.1) is 0 Å². The molecule has 2 aromatic rings. The number of benzene rings is 2. The summed E-state index contributed by atoms with van der Waals surface area (Å²) in [4.78, 5) is 8.75. The predicted octanol–water partition coefficient (Wildman–Crippen LogP) is 6.51. The molecular formula is C22H20Br4CoN2O2. The molecule has 167 valence electrons. The SMILES string of the molecule is [Co+2].[O-]c1c(Br)cc(Br)cc1C=NC1CCC1.[O-]c1c(Br)cc(Br)cc1C=NC1CCC1. The average molecular weight is 723 g/mol. The van der Waals surface area contributed by atoms with Gasteiger partial charge in [0.15, 0.2) is 0 Å². The van der Waals surface area contributed by atoms with Crippen LogP contribution in [0.1, 0.15) is 49.7 Å². The molecule has 2 aliphatic carbocycles. The maximum atomic E-state index is 11.7. The van der Waals surface area contributed by atoms with Crippen LogP contribution in [0, 0.1) is 0 Å². The number of hydrogen-bond acceptors (Lipinski definition) is 4. The Balaban J connectivity index is 0.000000213. The molecule has 2 aliphatic rings. The van der Waals surface area contributed by atoms with Crippen LogP contribution in [-0.2, 0) is 16.8 Å². The van der Waals surface area contributed by atoms with Crippen molar-refractivity contribution in [1.29, 1.82) is 0 Å². The maximum absolute atomic E-state index is 11.7. The molecule has 2 saturated carbocycles. The molecule has 2 aromatic carbocycles. The average Bonchev–Trinajstić information content (AvgIpc) is 2.61. The van der Waals surface area contributed by atoms with E-state index in [1.165, 1.54) is 12.8 Å². The van der Waals surface area contributed by atoms with Crippen molar-refractivity contribution in [3.63, 3.8) is 0 Å². The summed E-state index contributed by atoms with van der Waals surface area (Å²) in [5.41, 5.74) is 1.28. The van der Waals surface area contributed by atoms with Crippen molar-refractivity contribution in [1.82, 2.24) is 0 Å². The Labute approximate surface area is 226 Å². The number of halogens is 4. The molecule has 31 heavy (non-hydrogen) atoms. The predicted molar refractivity (Wildman–Crippen MR) is 133 cm³/mol. The Morgan fingerprint density at radius 1 is 0.677 bits per heavy atom. The Hall–Kier alpha value is -0.194. The van der Waals surface area contributed by atoms with Crippen molar-refractivity contribution in [3.8, 4) is 11.5 Å². The van der Waals surface area contributed by atoms with Gasteiger partial charge in [-0.05, 0) is 73.9 Å². The summed E-state index contributed by atoms with van der Waals surface area (Å²) in [5, 5.41) is 23.4. The van der Waals surface area contributed by atoms with Crippen molar-refractivity contribution in [2.75, 3.05) is 0 Å². The van der Waals surface area contributed by atoms with Gasteiger partial charge in [-0.2, -0.15) is 0 Å². The Morgan fingerprint density at radius 3 is 1.32 bits per heavy atom. The fourth-order valence-electron chi connectivity index (χ4n) is 2.80. The number of rotatable bonds is 4. The van der Waals surface area contributed by atoms with E-state index in [-0.39, 0.29) is 28.3 Å². The monoisotopic (exact) mass is 719 g/mol. The minimum Gasteiger partial charge on any atom is -0.871 e. The van der Waals surface area contributed by atoms with Crippen molar-refractivity contribution in [2.45, 2.75) is 50.6 Å². The van der Waals surface area contributed by atoms with Gasteiger partial charge in [-0.15, -0.1) is 0 Å². The molecule has 1 radical (unpaired) electrons. The van der Waals surface area contributed by atoms with E-state index in [1.807, 2.05) is 0 Å². The van der Waals surface area contributed by atoms with Crippen molar-refractivity contribution in [2.24, 2.45) is 9.98 Å². The van der Waals surface area contributed by atoms with Crippen LogP contribution in [0.5, 0.6) is 11.5 Å². The standard InChI is InChI=1S/2C11H11Br2NO.Co/c2*12-8-4-7(11(15)10(13)5-8)6-14-9-2-1-3-9;/h2*4-6,9,15H,1-3H2;/q;;+2/p-2. The minimum atomic E-state index is 0. The van der Waals surface area contributed by atoms with Crippen LogP contribution in [0.3, 0.4) is 0 Å². The third-order valence-electron chi connectivity index (χ3n) is 5.07. The molecule has 9 heteroatoms. The molecule has 0 spiro atoms. The summed E-state index contributed by atoms with van der Waals surface area (Å²) >= 11 is 13.2. The Kier molecular flexibility index (Phi) is 11.2. The van der Waals surface area contributed by atoms with Crippen molar-refractivity contribution < 1.29 is 27.0 Å². The van der Waals surface area contributed by atoms with E-state index in [2.05, 4.69) is 73.7 Å². The quantitative estimate of drug-likeness (QED) is 0.338. The van der Waals surface area contributed by atoms with Gasteiger partial charge in [0.25, 0.3) is 0 Å². The minimum absolute atomic E-state index is 0. The van der Waals surface area contributed by atoms with Crippen LogP contribution in [-0.4, -0.2) is 24.5 Å². The summed E-state index contributed by atoms with van der Waals surface area (Å²) in [6.07, 6.45) is 10.5. The molecule has 0 aromatic heterocycles. The molecule has 4 nitrogen and oxygen atoms in total. The Morgan fingerprint density at radius 2 is 1.03 bits per heavy atom. The summed E-state index contributed by atoms with van der Waals surface area (Å²) in [6.45, 7) is 0. The Bertz CT molecular complexity index is 884. The second-order valence-corrected chi connectivity index (χ2v) is 10.9. The molecule has 0 aliphatic heterocycles. The normalized spacial score (nSPS) is 16.4. The van der Waals surface area contributed by atoms with E-state index < -0.39 is 0 Å². The van der Waals surface area contributed by atoms with Crippen LogP contribution in [0.25, 0.3) is 0 Å². The van der Waals surface area contributed by atoms with Crippen LogP contribution in [0.4, 0.5) is 0 Å². The van der Waals surface area contributed by atoms with Crippen molar-refractivity contribution in [3.05, 3.63) is 53.3 Å². The van der Waals surface area contributed by atoms with E-state index in [1.54, 1.807) is 36.7 Å². The first-order chi connectivity index (χ1) is 14.3. The third-order valence-corrected chi connectivity index (χ3v) is 7.17. The van der Waals surface area contributed by atoms with E-state index in [0.717, 1.165) is 34.6 Å². The zero-order valence-corrected chi connectivity index (χ0v) is 23.8. The molecule has 2 fully saturated rings. The van der Waals surface area contributed by atoms with Gasteiger partial charge < -0.3 is 10.2 Å². The van der Waals surface area contributed by atoms with Crippen LogP contribution in [0.2, 0.25) is 0 Å². The van der Waals surface area contributed by atoms with E-state index in [0.29, 0.717) is 32.2 Å². The van der Waals surface area contributed by atoms with Gasteiger partial charge in [0.2, 0.25) is 0 Å². The molecule has 0 heterocycles. The van der Waals surface area contributed by atoms with Gasteiger partial charge in [0.1, 0.15) is 0 Å². The van der Waals surface area contributed by atoms with Gasteiger partial charge >= 0.3 is 16.8 Å². The zero-order valence-electron chi connectivity index (χ0n) is 16.4. The molecular weight excluding hydrogens is 703 g/mol. The second-order valence-electron chi connectivity index (χ2n) is 7.34. The maximum Gasteiger partial charge on any atom is 2.00 e. The summed E-state index contributed by atoms with van der Waals surface area (Å²) < 4.78 is 2.94. The third kappa shape index (κ3) is 7.96. The van der Waals surface area contributed by atoms with Crippen molar-refractivity contribution >= 4 is 76.1 Å². The summed E-state index contributed by atoms with van der Waals surface area (Å²) in [5.74, 6) is 0.00236. The largest absolute Gasteiger partial charge is 2.00 e. The molecule has 0 bridgehead atoms. The zero-order chi connectivity index (χ0) is 21.7. The molecule has 4 rings (SSSR count). The fourth-order valence-corrected chi connectivity index (χ4v) is 5.31. The van der Waals surface area contributed by atoms with E-state index in [4.69, 9.17) is 0 Å². The van der Waals surface area contributed by atoms with Gasteiger partial charge in [-0.25, -0.2) is 0 Å². The first-order valence-electron chi connectivity index (χ1n) is 9.72. The van der Waals surface area contributed by atoms with Gasteiger partial charge in [-0.3, -0.25) is 9.98 Å². The van der Waals surface area contributed by atoms with Gasteiger partial charge in [-0.1, -0.05) is 75.2 Å². The first-order valence-corrected chi connectivity index (χ1v) is 12.9. The van der Waals surface area contributed by atoms with Gasteiger partial charge in [0, 0.05) is 42.4 Å². The smallest absolute Gasteiger partial charge is 0.871 e. The number of nitrogens with zero attached hydrogens (tertiary/aromatic N) is 2. The molecule has 0 amide bonds. The topological polar surface area (TPSA) is 70.8 Å². The molecule has 0 saturated heterocycles. The molecule has 0 atom stereocenters. The first kappa shape index (κ1) is 27.1. The van der Waals surface area contributed by atoms with Crippen LogP contribution < -0.4 is 10.2 Å². The van der Waals surface area contributed by atoms with Crippen LogP contribution >= 0.6 is 63.7 Å². The van der Waals surface area contributed by atoms with E-state index in [9.17, 15) is 10.2 Å². The molecule has 0 unspecified atom stereocenters. The molecule has 0 N–H and O–H groups in total. The number of hydrogen-bond donors (Lipinski definition) is 0. The summed E-state index contributed by atoms with van der Waals surface area (Å²) in [6, 6.07) is 7.97. The summed E-state index contributed by atoms with van der Waals surface area (Å²) in [7, 11) is 0.